The average molecular weight is 418 g/mol. The van der Waals surface area contributed by atoms with E-state index in [4.69, 9.17) is 0 Å². The summed E-state index contributed by atoms with van der Waals surface area (Å²) in [7, 11) is 0. The van der Waals surface area contributed by atoms with E-state index in [0.717, 1.165) is 12.0 Å². The van der Waals surface area contributed by atoms with Crippen molar-refractivity contribution in [1.82, 2.24) is 15.5 Å². The number of nitrogens with one attached hydrogen (secondary N) is 2. The standard InChI is InChI=1S/C23H36N4O3/c1-15(2)14-20(24)23(30)27-12-10-19(11-13-27)22(29)26-17(4)21(28)25-16(3)18-8-6-5-7-9-18/h5-9,15-17,19-20H,10-14,24H2,1-4H3,(H,25,28)(H,26,29)/p+1/t16-,17-,20-/m0/s1. The summed E-state index contributed by atoms with van der Waals surface area (Å²) >= 11 is 0. The zero-order valence-corrected chi connectivity index (χ0v) is 18.7. The lowest BCUT2D eigenvalue weighted by atomic mass is 9.94. The number of likely N-dealkylation sites (tertiary alicyclic amines) is 1. The molecule has 0 aromatic heterocycles. The molecular formula is C23H37N4O3+. The van der Waals surface area contributed by atoms with Gasteiger partial charge in [0.15, 0.2) is 6.04 Å². The van der Waals surface area contributed by atoms with Crippen molar-refractivity contribution < 1.29 is 20.1 Å². The lowest BCUT2D eigenvalue weighted by Gasteiger charge is -2.32. The van der Waals surface area contributed by atoms with Gasteiger partial charge < -0.3 is 21.3 Å². The highest BCUT2D eigenvalue weighted by atomic mass is 16.2. The van der Waals surface area contributed by atoms with Gasteiger partial charge in [-0.15, -0.1) is 0 Å². The van der Waals surface area contributed by atoms with Crippen molar-refractivity contribution in [3.8, 4) is 0 Å². The molecule has 0 aliphatic carbocycles. The monoisotopic (exact) mass is 417 g/mol. The predicted molar refractivity (Wildman–Crippen MR) is 116 cm³/mol. The first-order chi connectivity index (χ1) is 14.2. The van der Waals surface area contributed by atoms with E-state index in [0.29, 0.717) is 31.8 Å². The second kappa shape index (κ2) is 11.1. The molecule has 1 fully saturated rings. The van der Waals surface area contributed by atoms with Crippen molar-refractivity contribution in [2.45, 2.75) is 65.1 Å². The largest absolute Gasteiger partial charge is 0.348 e. The van der Waals surface area contributed by atoms with Crippen molar-refractivity contribution in [1.29, 1.82) is 0 Å². The van der Waals surface area contributed by atoms with Gasteiger partial charge in [0.05, 0.1) is 6.04 Å². The van der Waals surface area contributed by atoms with Crippen LogP contribution >= 0.6 is 0 Å². The quantitative estimate of drug-likeness (QED) is 0.593. The molecule has 30 heavy (non-hydrogen) atoms. The van der Waals surface area contributed by atoms with E-state index >= 15 is 0 Å². The van der Waals surface area contributed by atoms with E-state index in [9.17, 15) is 14.4 Å². The van der Waals surface area contributed by atoms with Gasteiger partial charge in [0, 0.05) is 25.4 Å². The molecule has 2 rings (SSSR count). The Bertz CT molecular complexity index is 714. The molecule has 3 amide bonds. The van der Waals surface area contributed by atoms with E-state index in [1.165, 1.54) is 0 Å². The Kier molecular flexibility index (Phi) is 8.84. The molecule has 0 spiro atoms. The molecule has 1 aliphatic rings. The molecule has 0 saturated carbocycles. The number of carbonyl (C=O) groups excluding carboxylic acids is 3. The number of nitrogens with zero attached hydrogens (tertiary/aromatic N) is 1. The first-order valence-corrected chi connectivity index (χ1v) is 11.0. The summed E-state index contributed by atoms with van der Waals surface area (Å²) in [6.45, 7) is 8.91. The van der Waals surface area contributed by atoms with Crippen LogP contribution in [0.25, 0.3) is 0 Å². The first-order valence-electron chi connectivity index (χ1n) is 11.0. The number of piperidine rings is 1. The molecule has 0 unspecified atom stereocenters. The molecule has 7 heteroatoms. The van der Waals surface area contributed by atoms with Crippen molar-refractivity contribution >= 4 is 17.7 Å². The van der Waals surface area contributed by atoms with Gasteiger partial charge in [-0.3, -0.25) is 14.4 Å². The van der Waals surface area contributed by atoms with Gasteiger partial charge in [0.1, 0.15) is 6.04 Å². The molecule has 0 bridgehead atoms. The minimum Gasteiger partial charge on any atom is -0.348 e. The highest BCUT2D eigenvalue weighted by molar-refractivity contribution is 5.88. The highest BCUT2D eigenvalue weighted by Crippen LogP contribution is 2.19. The minimum absolute atomic E-state index is 0.0743. The van der Waals surface area contributed by atoms with Crippen LogP contribution in [0.4, 0.5) is 0 Å². The maximum Gasteiger partial charge on any atom is 0.280 e. The maximum atomic E-state index is 12.6. The normalized spacial score (nSPS) is 17.9. The number of amides is 3. The summed E-state index contributed by atoms with van der Waals surface area (Å²) in [4.78, 5) is 39.4. The second-order valence-electron chi connectivity index (χ2n) is 8.80. The number of benzene rings is 1. The van der Waals surface area contributed by atoms with Crippen LogP contribution in [-0.2, 0) is 14.4 Å². The van der Waals surface area contributed by atoms with E-state index in [-0.39, 0.29) is 35.7 Å². The lowest BCUT2D eigenvalue weighted by molar-refractivity contribution is -0.408. The topological polar surface area (TPSA) is 106 Å². The van der Waals surface area contributed by atoms with Crippen LogP contribution in [0.3, 0.4) is 0 Å². The maximum absolute atomic E-state index is 12.6. The zero-order chi connectivity index (χ0) is 22.3. The van der Waals surface area contributed by atoms with Crippen LogP contribution < -0.4 is 16.4 Å². The number of hydrogen-bond acceptors (Lipinski definition) is 3. The molecule has 1 heterocycles. The van der Waals surface area contributed by atoms with Crippen LogP contribution in [0.2, 0.25) is 0 Å². The molecule has 3 atom stereocenters. The fraction of sp³-hybridized carbons (Fsp3) is 0.609. The fourth-order valence-electron chi connectivity index (χ4n) is 3.85. The number of carbonyl (C=O) groups is 3. The Balaban J connectivity index is 1.78. The molecule has 1 aromatic carbocycles. The van der Waals surface area contributed by atoms with Crippen LogP contribution in [0.15, 0.2) is 30.3 Å². The summed E-state index contributed by atoms with van der Waals surface area (Å²) in [6.07, 6.45) is 1.99. The molecule has 1 aromatic rings. The molecule has 7 nitrogen and oxygen atoms in total. The predicted octanol–water partition coefficient (Wildman–Crippen LogP) is 1.26. The Morgan fingerprint density at radius 2 is 1.63 bits per heavy atom. The van der Waals surface area contributed by atoms with Gasteiger partial charge in [0.2, 0.25) is 11.8 Å². The molecule has 1 saturated heterocycles. The molecule has 0 radical (unpaired) electrons. The van der Waals surface area contributed by atoms with Gasteiger partial charge in [-0.25, -0.2) is 0 Å². The van der Waals surface area contributed by atoms with Crippen LogP contribution in [0.1, 0.15) is 58.6 Å². The summed E-state index contributed by atoms with van der Waals surface area (Å²) in [5.74, 6) is -0.00204. The van der Waals surface area contributed by atoms with Gasteiger partial charge in [-0.2, -0.15) is 0 Å². The smallest absolute Gasteiger partial charge is 0.280 e. The van der Waals surface area contributed by atoms with E-state index in [1.807, 2.05) is 42.2 Å². The SMILES string of the molecule is CC(C)C[C@H]([NH3+])C(=O)N1CCC(C(=O)N[C@@H](C)C(=O)N[C@@H](C)c2ccccc2)CC1. The third-order valence-corrected chi connectivity index (χ3v) is 5.69. The zero-order valence-electron chi connectivity index (χ0n) is 18.7. The van der Waals surface area contributed by atoms with Crippen molar-refractivity contribution in [3.63, 3.8) is 0 Å². The van der Waals surface area contributed by atoms with Gasteiger partial charge in [-0.1, -0.05) is 44.2 Å². The Morgan fingerprint density at radius 1 is 1.03 bits per heavy atom. The highest BCUT2D eigenvalue weighted by Gasteiger charge is 2.32. The molecule has 1 aliphatic heterocycles. The molecule has 5 N–H and O–H groups in total. The van der Waals surface area contributed by atoms with Gasteiger partial charge in [-0.05, 0) is 38.2 Å². The number of quaternary nitrogens is 1. The van der Waals surface area contributed by atoms with Crippen molar-refractivity contribution in [2.24, 2.45) is 11.8 Å². The van der Waals surface area contributed by atoms with Gasteiger partial charge >= 0.3 is 0 Å². The number of rotatable bonds is 8. The summed E-state index contributed by atoms with van der Waals surface area (Å²) < 4.78 is 0. The average Bonchev–Trinajstić information content (AvgIpc) is 2.73. The number of hydrogen-bond donors (Lipinski definition) is 3. The summed E-state index contributed by atoms with van der Waals surface area (Å²) in [5.41, 5.74) is 5.01. The Morgan fingerprint density at radius 3 is 2.20 bits per heavy atom. The third kappa shape index (κ3) is 6.83. The second-order valence-corrected chi connectivity index (χ2v) is 8.80. The van der Waals surface area contributed by atoms with Crippen LogP contribution in [0, 0.1) is 11.8 Å². The Hall–Kier alpha value is -2.41. The van der Waals surface area contributed by atoms with Gasteiger partial charge in [0.25, 0.3) is 5.91 Å². The third-order valence-electron chi connectivity index (χ3n) is 5.69. The summed E-state index contributed by atoms with van der Waals surface area (Å²) in [5, 5.41) is 5.77. The van der Waals surface area contributed by atoms with E-state index < -0.39 is 6.04 Å². The molecular weight excluding hydrogens is 380 g/mol. The summed E-state index contributed by atoms with van der Waals surface area (Å²) in [6, 6.07) is 8.74. The Labute approximate surface area is 179 Å². The van der Waals surface area contributed by atoms with E-state index in [2.05, 4.69) is 30.2 Å². The van der Waals surface area contributed by atoms with Crippen molar-refractivity contribution in [2.75, 3.05) is 13.1 Å². The van der Waals surface area contributed by atoms with E-state index in [1.54, 1.807) is 6.92 Å². The molecule has 166 valence electrons. The first kappa shape index (κ1) is 23.9. The lowest BCUT2D eigenvalue weighted by Crippen LogP contribution is -2.68. The van der Waals surface area contributed by atoms with Crippen LogP contribution in [-0.4, -0.2) is 47.8 Å². The fourth-order valence-corrected chi connectivity index (χ4v) is 3.85. The van der Waals surface area contributed by atoms with Crippen molar-refractivity contribution in [3.05, 3.63) is 35.9 Å². The minimum atomic E-state index is -0.612. The van der Waals surface area contributed by atoms with Crippen LogP contribution in [0.5, 0.6) is 0 Å².